The SMILES string of the molecule is CN(C)c1cccc(C(=O)NCCC[Si](C)(C)C)c1. The summed E-state index contributed by atoms with van der Waals surface area (Å²) in [7, 11) is 2.96. The predicted molar refractivity (Wildman–Crippen MR) is 85.9 cm³/mol. The van der Waals surface area contributed by atoms with E-state index in [-0.39, 0.29) is 5.91 Å². The third-order valence-electron chi connectivity index (χ3n) is 3.01. The summed E-state index contributed by atoms with van der Waals surface area (Å²) in [5.41, 5.74) is 1.79. The second-order valence-corrected chi connectivity index (χ2v) is 12.0. The van der Waals surface area contributed by atoms with Crippen molar-refractivity contribution in [2.45, 2.75) is 32.1 Å². The van der Waals surface area contributed by atoms with Gasteiger partial charge in [0.25, 0.3) is 5.91 Å². The van der Waals surface area contributed by atoms with Crippen molar-refractivity contribution in [2.75, 3.05) is 25.5 Å². The Bertz CT molecular complexity index is 424. The highest BCUT2D eigenvalue weighted by molar-refractivity contribution is 6.76. The summed E-state index contributed by atoms with van der Waals surface area (Å²) in [5, 5.41) is 3.00. The van der Waals surface area contributed by atoms with Gasteiger partial charge in [-0.1, -0.05) is 31.8 Å². The van der Waals surface area contributed by atoms with E-state index in [0.717, 1.165) is 24.2 Å². The second kappa shape index (κ2) is 6.75. The highest BCUT2D eigenvalue weighted by Crippen LogP contribution is 2.13. The standard InChI is InChI=1S/C15H26N2OSi/c1-17(2)14-9-6-8-13(12-14)15(18)16-10-7-11-19(3,4)5/h6,8-9,12H,7,10-11H2,1-5H3,(H,16,18). The molecule has 4 heteroatoms. The Hall–Kier alpha value is -1.29. The Kier molecular flexibility index (Phi) is 5.60. The number of carbonyl (C=O) groups is 1. The van der Waals surface area contributed by atoms with Gasteiger partial charge in [-0.15, -0.1) is 0 Å². The van der Waals surface area contributed by atoms with E-state index in [4.69, 9.17) is 0 Å². The molecule has 0 aromatic heterocycles. The molecule has 0 aliphatic heterocycles. The van der Waals surface area contributed by atoms with Gasteiger partial charge in [-0.05, 0) is 24.6 Å². The summed E-state index contributed by atoms with van der Waals surface area (Å²) in [6, 6.07) is 8.97. The van der Waals surface area contributed by atoms with Crippen LogP contribution >= 0.6 is 0 Å². The molecule has 0 unspecified atom stereocenters. The topological polar surface area (TPSA) is 32.3 Å². The first-order valence-electron chi connectivity index (χ1n) is 6.85. The molecule has 1 aromatic rings. The monoisotopic (exact) mass is 278 g/mol. The maximum atomic E-state index is 12.0. The van der Waals surface area contributed by atoms with Crippen molar-refractivity contribution in [1.29, 1.82) is 0 Å². The molecular formula is C15H26N2OSi. The van der Waals surface area contributed by atoms with Crippen molar-refractivity contribution in [3.05, 3.63) is 29.8 Å². The van der Waals surface area contributed by atoms with E-state index in [2.05, 4.69) is 25.0 Å². The fraction of sp³-hybridized carbons (Fsp3) is 0.533. The van der Waals surface area contributed by atoms with Crippen LogP contribution in [0, 0.1) is 0 Å². The molecule has 0 aliphatic rings. The zero-order valence-electron chi connectivity index (χ0n) is 12.8. The van der Waals surface area contributed by atoms with Gasteiger partial charge in [-0.2, -0.15) is 0 Å². The molecule has 3 nitrogen and oxygen atoms in total. The van der Waals surface area contributed by atoms with Crippen LogP contribution in [0.2, 0.25) is 25.7 Å². The van der Waals surface area contributed by atoms with Crippen molar-refractivity contribution in [3.8, 4) is 0 Å². The average Bonchev–Trinajstić information content (AvgIpc) is 2.33. The molecular weight excluding hydrogens is 252 g/mol. The molecule has 1 rings (SSSR count). The minimum Gasteiger partial charge on any atom is -0.378 e. The summed E-state index contributed by atoms with van der Waals surface area (Å²) < 4.78 is 0. The Balaban J connectivity index is 2.48. The molecule has 0 spiro atoms. The zero-order valence-corrected chi connectivity index (χ0v) is 13.8. The minimum absolute atomic E-state index is 0.0271. The van der Waals surface area contributed by atoms with Crippen LogP contribution in [0.25, 0.3) is 0 Å². The summed E-state index contributed by atoms with van der Waals surface area (Å²) >= 11 is 0. The third kappa shape index (κ3) is 5.92. The Morgan fingerprint density at radius 2 is 1.95 bits per heavy atom. The summed E-state index contributed by atoms with van der Waals surface area (Å²) in [6.45, 7) is 7.84. The smallest absolute Gasteiger partial charge is 0.251 e. The van der Waals surface area contributed by atoms with Crippen molar-refractivity contribution < 1.29 is 4.79 Å². The zero-order chi connectivity index (χ0) is 14.5. The lowest BCUT2D eigenvalue weighted by Crippen LogP contribution is -2.27. The van der Waals surface area contributed by atoms with E-state index in [0.29, 0.717) is 0 Å². The van der Waals surface area contributed by atoms with E-state index < -0.39 is 8.07 Å². The molecule has 0 saturated carbocycles. The summed E-state index contributed by atoms with van der Waals surface area (Å²) in [5.74, 6) is 0.0271. The highest BCUT2D eigenvalue weighted by atomic mass is 28.3. The number of hydrogen-bond acceptors (Lipinski definition) is 2. The van der Waals surface area contributed by atoms with E-state index in [1.54, 1.807) is 0 Å². The van der Waals surface area contributed by atoms with Gasteiger partial charge >= 0.3 is 0 Å². The third-order valence-corrected chi connectivity index (χ3v) is 4.87. The molecule has 0 aliphatic carbocycles. The molecule has 1 N–H and O–H groups in total. The van der Waals surface area contributed by atoms with Crippen LogP contribution in [0.3, 0.4) is 0 Å². The van der Waals surface area contributed by atoms with Gasteiger partial charge in [0.2, 0.25) is 0 Å². The van der Waals surface area contributed by atoms with Gasteiger partial charge in [0.15, 0.2) is 0 Å². The fourth-order valence-electron chi connectivity index (χ4n) is 1.85. The molecule has 0 bridgehead atoms. The molecule has 0 radical (unpaired) electrons. The summed E-state index contributed by atoms with van der Waals surface area (Å²) in [4.78, 5) is 14.0. The van der Waals surface area contributed by atoms with Crippen LogP contribution < -0.4 is 10.2 Å². The van der Waals surface area contributed by atoms with Gasteiger partial charge in [-0.25, -0.2) is 0 Å². The van der Waals surface area contributed by atoms with Gasteiger partial charge in [0.1, 0.15) is 0 Å². The number of hydrogen-bond donors (Lipinski definition) is 1. The van der Waals surface area contributed by atoms with Crippen LogP contribution in [-0.4, -0.2) is 34.6 Å². The van der Waals surface area contributed by atoms with Crippen LogP contribution in [-0.2, 0) is 0 Å². The lowest BCUT2D eigenvalue weighted by atomic mass is 10.2. The quantitative estimate of drug-likeness (QED) is 0.640. The lowest BCUT2D eigenvalue weighted by Gasteiger charge is -2.16. The van der Waals surface area contributed by atoms with Crippen LogP contribution in [0.1, 0.15) is 16.8 Å². The lowest BCUT2D eigenvalue weighted by molar-refractivity contribution is 0.0953. The van der Waals surface area contributed by atoms with Gasteiger partial charge in [0.05, 0.1) is 0 Å². The van der Waals surface area contributed by atoms with Crippen LogP contribution in [0.15, 0.2) is 24.3 Å². The molecule has 1 amide bonds. The number of rotatable bonds is 6. The van der Waals surface area contributed by atoms with Gasteiger partial charge in [0, 0.05) is 40.0 Å². The van der Waals surface area contributed by atoms with Crippen LogP contribution in [0.5, 0.6) is 0 Å². The Morgan fingerprint density at radius 1 is 1.26 bits per heavy atom. The van der Waals surface area contributed by atoms with Gasteiger partial charge in [-0.3, -0.25) is 4.79 Å². The Morgan fingerprint density at radius 3 is 2.53 bits per heavy atom. The average molecular weight is 278 g/mol. The maximum Gasteiger partial charge on any atom is 0.251 e. The van der Waals surface area contributed by atoms with E-state index in [1.807, 2.05) is 43.3 Å². The van der Waals surface area contributed by atoms with E-state index in [9.17, 15) is 4.79 Å². The Labute approximate surface area is 118 Å². The van der Waals surface area contributed by atoms with E-state index >= 15 is 0 Å². The van der Waals surface area contributed by atoms with Gasteiger partial charge < -0.3 is 10.2 Å². The largest absolute Gasteiger partial charge is 0.378 e. The summed E-state index contributed by atoms with van der Waals surface area (Å²) in [6.07, 6.45) is 1.08. The first-order chi connectivity index (χ1) is 8.79. The highest BCUT2D eigenvalue weighted by Gasteiger charge is 2.12. The molecule has 0 fully saturated rings. The molecule has 0 saturated heterocycles. The molecule has 0 heterocycles. The molecule has 1 aromatic carbocycles. The first-order valence-corrected chi connectivity index (χ1v) is 10.6. The fourth-order valence-corrected chi connectivity index (χ4v) is 3.09. The molecule has 19 heavy (non-hydrogen) atoms. The molecule has 0 atom stereocenters. The first kappa shape index (κ1) is 15.8. The predicted octanol–water partition coefficient (Wildman–Crippen LogP) is 3.21. The maximum absolute atomic E-state index is 12.0. The van der Waals surface area contributed by atoms with Crippen molar-refractivity contribution in [3.63, 3.8) is 0 Å². The number of anilines is 1. The minimum atomic E-state index is -0.990. The number of benzene rings is 1. The normalized spacial score (nSPS) is 11.2. The van der Waals surface area contributed by atoms with E-state index in [1.165, 1.54) is 6.04 Å². The molecule has 106 valence electrons. The van der Waals surface area contributed by atoms with Crippen molar-refractivity contribution >= 4 is 19.7 Å². The second-order valence-electron chi connectivity index (χ2n) is 6.36. The number of carbonyl (C=O) groups excluding carboxylic acids is 1. The van der Waals surface area contributed by atoms with Crippen molar-refractivity contribution in [1.82, 2.24) is 5.32 Å². The number of nitrogens with zero attached hydrogens (tertiary/aromatic N) is 1. The number of amides is 1. The number of nitrogens with one attached hydrogen (secondary N) is 1. The van der Waals surface area contributed by atoms with Crippen LogP contribution in [0.4, 0.5) is 5.69 Å². The van der Waals surface area contributed by atoms with Crippen molar-refractivity contribution in [2.24, 2.45) is 0 Å².